The zero-order valence-electron chi connectivity index (χ0n) is 11.1. The Bertz CT molecular complexity index is 343. The van der Waals surface area contributed by atoms with Gasteiger partial charge in [0, 0.05) is 19.1 Å². The van der Waals surface area contributed by atoms with Crippen molar-refractivity contribution in [3.05, 3.63) is 0 Å². The highest BCUT2D eigenvalue weighted by molar-refractivity contribution is 5.83. The Morgan fingerprint density at radius 3 is 2.33 bits per heavy atom. The second-order valence-electron chi connectivity index (χ2n) is 5.62. The molecule has 2 atom stereocenters. The molecule has 1 N–H and O–H groups in total. The van der Waals surface area contributed by atoms with Crippen molar-refractivity contribution in [2.75, 3.05) is 13.1 Å². The molecule has 0 aromatic heterocycles. The van der Waals surface area contributed by atoms with Crippen molar-refractivity contribution in [2.45, 2.75) is 51.6 Å². The Hall–Kier alpha value is -1.26. The van der Waals surface area contributed by atoms with Gasteiger partial charge in [0.25, 0.3) is 0 Å². The van der Waals surface area contributed by atoms with Gasteiger partial charge in [-0.25, -0.2) is 9.59 Å². The number of rotatable bonds is 2. The Kier molecular flexibility index (Phi) is 3.78. The maximum absolute atomic E-state index is 12.5. The number of hydrogen-bond acceptors (Lipinski definition) is 2. The standard InChI is InChI=1S/C13H22N2O3/c1-9(2)10-5-3-7-14(10)13(18)15-8-4-6-11(15)12(16)17/h9-11H,3-8H2,1-2H3,(H,16,17). The van der Waals surface area contributed by atoms with E-state index in [-0.39, 0.29) is 12.1 Å². The number of amides is 2. The van der Waals surface area contributed by atoms with E-state index in [1.54, 1.807) is 4.90 Å². The van der Waals surface area contributed by atoms with Crippen molar-refractivity contribution >= 4 is 12.0 Å². The van der Waals surface area contributed by atoms with Crippen molar-refractivity contribution in [1.29, 1.82) is 0 Å². The fourth-order valence-corrected chi connectivity index (χ4v) is 3.14. The molecule has 0 bridgehead atoms. The fourth-order valence-electron chi connectivity index (χ4n) is 3.14. The van der Waals surface area contributed by atoms with E-state index in [1.807, 2.05) is 4.90 Å². The molecule has 2 rings (SSSR count). The number of nitrogens with zero attached hydrogens (tertiary/aromatic N) is 2. The summed E-state index contributed by atoms with van der Waals surface area (Å²) in [6.07, 6.45) is 3.44. The summed E-state index contributed by atoms with van der Waals surface area (Å²) >= 11 is 0. The van der Waals surface area contributed by atoms with Crippen LogP contribution in [0.15, 0.2) is 0 Å². The Morgan fingerprint density at radius 2 is 1.72 bits per heavy atom. The molecule has 102 valence electrons. The molecule has 18 heavy (non-hydrogen) atoms. The van der Waals surface area contributed by atoms with E-state index in [0.717, 1.165) is 25.8 Å². The summed E-state index contributed by atoms with van der Waals surface area (Å²) in [6, 6.07) is -0.422. The lowest BCUT2D eigenvalue weighted by Crippen LogP contribution is -2.50. The normalized spacial score (nSPS) is 28.2. The first-order valence-electron chi connectivity index (χ1n) is 6.82. The van der Waals surface area contributed by atoms with E-state index in [4.69, 9.17) is 5.11 Å². The highest BCUT2D eigenvalue weighted by atomic mass is 16.4. The quantitative estimate of drug-likeness (QED) is 0.817. The van der Waals surface area contributed by atoms with Gasteiger partial charge in [-0.3, -0.25) is 0 Å². The second-order valence-corrected chi connectivity index (χ2v) is 5.62. The van der Waals surface area contributed by atoms with Crippen molar-refractivity contribution in [1.82, 2.24) is 9.80 Å². The first-order chi connectivity index (χ1) is 8.52. The zero-order valence-corrected chi connectivity index (χ0v) is 11.1. The molecule has 0 saturated carbocycles. The molecule has 0 aliphatic carbocycles. The summed E-state index contributed by atoms with van der Waals surface area (Å²) in [6.45, 7) is 5.59. The monoisotopic (exact) mass is 254 g/mol. The summed E-state index contributed by atoms with van der Waals surface area (Å²) in [5.74, 6) is -0.441. The average molecular weight is 254 g/mol. The van der Waals surface area contributed by atoms with Crippen molar-refractivity contribution in [3.8, 4) is 0 Å². The summed E-state index contributed by atoms with van der Waals surface area (Å²) in [5, 5.41) is 9.14. The van der Waals surface area contributed by atoms with Crippen LogP contribution in [-0.4, -0.2) is 52.1 Å². The van der Waals surface area contributed by atoms with Crippen LogP contribution in [0.1, 0.15) is 39.5 Å². The van der Waals surface area contributed by atoms with Crippen LogP contribution >= 0.6 is 0 Å². The number of carboxylic acids is 1. The molecule has 0 aromatic rings. The van der Waals surface area contributed by atoms with E-state index in [1.165, 1.54) is 0 Å². The average Bonchev–Trinajstić information content (AvgIpc) is 2.97. The fraction of sp³-hybridized carbons (Fsp3) is 0.846. The highest BCUT2D eigenvalue weighted by Crippen LogP contribution is 2.27. The number of carbonyl (C=O) groups is 2. The van der Waals surface area contributed by atoms with Crippen LogP contribution in [0.25, 0.3) is 0 Å². The second kappa shape index (κ2) is 5.16. The van der Waals surface area contributed by atoms with Gasteiger partial charge in [0.2, 0.25) is 0 Å². The lowest BCUT2D eigenvalue weighted by atomic mass is 10.0. The number of likely N-dealkylation sites (tertiary alicyclic amines) is 2. The Labute approximate surface area is 108 Å². The minimum Gasteiger partial charge on any atom is -0.480 e. The van der Waals surface area contributed by atoms with Gasteiger partial charge in [-0.05, 0) is 31.6 Å². The molecule has 2 saturated heterocycles. The van der Waals surface area contributed by atoms with Gasteiger partial charge in [0.15, 0.2) is 0 Å². The van der Waals surface area contributed by atoms with E-state index < -0.39 is 12.0 Å². The molecular weight excluding hydrogens is 232 g/mol. The SMILES string of the molecule is CC(C)C1CCCN1C(=O)N1CCCC1C(=O)O. The molecule has 5 heteroatoms. The zero-order chi connectivity index (χ0) is 13.3. The third-order valence-electron chi connectivity index (χ3n) is 4.10. The van der Waals surface area contributed by atoms with Crippen molar-refractivity contribution < 1.29 is 14.7 Å². The molecule has 5 nitrogen and oxygen atoms in total. The van der Waals surface area contributed by atoms with Crippen molar-refractivity contribution in [3.63, 3.8) is 0 Å². The van der Waals surface area contributed by atoms with E-state index in [2.05, 4.69) is 13.8 Å². The Morgan fingerprint density at radius 1 is 1.11 bits per heavy atom. The minimum atomic E-state index is -0.874. The molecule has 2 aliphatic rings. The molecule has 2 amide bonds. The third kappa shape index (κ3) is 2.31. The van der Waals surface area contributed by atoms with Crippen LogP contribution in [0.4, 0.5) is 4.79 Å². The van der Waals surface area contributed by atoms with Gasteiger partial charge >= 0.3 is 12.0 Å². The number of carboxylic acid groups (broad SMARTS) is 1. The first kappa shape index (κ1) is 13.2. The number of hydrogen-bond donors (Lipinski definition) is 1. The smallest absolute Gasteiger partial charge is 0.326 e. The molecular formula is C13H22N2O3. The predicted molar refractivity (Wildman–Crippen MR) is 67.3 cm³/mol. The number of aliphatic carboxylic acids is 1. The van der Waals surface area contributed by atoms with Gasteiger partial charge in [-0.1, -0.05) is 13.8 Å². The van der Waals surface area contributed by atoms with Crippen molar-refractivity contribution in [2.24, 2.45) is 5.92 Å². The maximum Gasteiger partial charge on any atom is 0.326 e. The largest absolute Gasteiger partial charge is 0.480 e. The van der Waals surface area contributed by atoms with Crippen LogP contribution in [0.5, 0.6) is 0 Å². The molecule has 0 aromatic carbocycles. The van der Waals surface area contributed by atoms with E-state index >= 15 is 0 Å². The van der Waals surface area contributed by atoms with Gasteiger partial charge in [0.1, 0.15) is 6.04 Å². The van der Waals surface area contributed by atoms with Crippen LogP contribution in [-0.2, 0) is 4.79 Å². The predicted octanol–water partition coefficient (Wildman–Crippen LogP) is 1.78. The third-order valence-corrected chi connectivity index (χ3v) is 4.10. The maximum atomic E-state index is 12.5. The lowest BCUT2D eigenvalue weighted by molar-refractivity contribution is -0.141. The van der Waals surface area contributed by atoms with Gasteiger partial charge in [-0.2, -0.15) is 0 Å². The first-order valence-corrected chi connectivity index (χ1v) is 6.82. The summed E-state index contributed by atoms with van der Waals surface area (Å²) < 4.78 is 0. The molecule has 2 heterocycles. The number of carbonyl (C=O) groups excluding carboxylic acids is 1. The van der Waals surface area contributed by atoms with Gasteiger partial charge < -0.3 is 14.9 Å². The summed E-state index contributed by atoms with van der Waals surface area (Å²) in [7, 11) is 0. The van der Waals surface area contributed by atoms with Crippen LogP contribution in [0.3, 0.4) is 0 Å². The van der Waals surface area contributed by atoms with Crippen LogP contribution in [0, 0.1) is 5.92 Å². The Balaban J connectivity index is 2.08. The molecule has 0 spiro atoms. The molecule has 2 aliphatic heterocycles. The van der Waals surface area contributed by atoms with E-state index in [9.17, 15) is 9.59 Å². The van der Waals surface area contributed by atoms with Crippen LogP contribution < -0.4 is 0 Å². The van der Waals surface area contributed by atoms with Crippen LogP contribution in [0.2, 0.25) is 0 Å². The van der Waals surface area contributed by atoms with E-state index in [0.29, 0.717) is 18.9 Å². The summed E-state index contributed by atoms with van der Waals surface area (Å²) in [5.41, 5.74) is 0. The molecule has 0 radical (unpaired) electrons. The highest BCUT2D eigenvalue weighted by Gasteiger charge is 2.40. The molecule has 2 fully saturated rings. The van der Waals surface area contributed by atoms with Gasteiger partial charge in [0.05, 0.1) is 0 Å². The molecule has 2 unspecified atom stereocenters. The lowest BCUT2D eigenvalue weighted by Gasteiger charge is -2.33. The number of urea groups is 1. The topological polar surface area (TPSA) is 60.9 Å². The minimum absolute atomic E-state index is 0.0731. The van der Waals surface area contributed by atoms with Gasteiger partial charge in [-0.15, -0.1) is 0 Å². The summed E-state index contributed by atoms with van der Waals surface area (Å²) in [4.78, 5) is 27.0.